The van der Waals surface area contributed by atoms with Gasteiger partial charge in [-0.05, 0) is 19.2 Å². The zero-order chi connectivity index (χ0) is 15.2. The molecule has 2 aromatic rings. The Morgan fingerprint density at radius 3 is 2.62 bits per heavy atom. The molecule has 21 heavy (non-hydrogen) atoms. The zero-order valence-electron chi connectivity index (χ0n) is 12.7. The molecule has 0 amide bonds. The van der Waals surface area contributed by atoms with E-state index in [9.17, 15) is 0 Å². The first-order valence-electron chi connectivity index (χ1n) is 6.83. The van der Waals surface area contributed by atoms with E-state index in [1.165, 1.54) is 0 Å². The first-order valence-corrected chi connectivity index (χ1v) is 6.83. The summed E-state index contributed by atoms with van der Waals surface area (Å²) in [7, 11) is 5.33. The van der Waals surface area contributed by atoms with E-state index in [0.717, 1.165) is 29.2 Å². The van der Waals surface area contributed by atoms with Crippen molar-refractivity contribution in [2.24, 2.45) is 5.73 Å². The minimum Gasteiger partial charge on any atom is -0.497 e. The van der Waals surface area contributed by atoms with E-state index < -0.39 is 0 Å². The Morgan fingerprint density at radius 2 is 2.05 bits per heavy atom. The van der Waals surface area contributed by atoms with Crippen LogP contribution in [0, 0.1) is 0 Å². The minimum atomic E-state index is 0.0563. The molecule has 5 heteroatoms. The van der Waals surface area contributed by atoms with Gasteiger partial charge in [-0.3, -0.25) is 4.90 Å². The second kappa shape index (κ2) is 7.15. The summed E-state index contributed by atoms with van der Waals surface area (Å²) in [5.41, 5.74) is 8.14. The molecule has 2 N–H and O–H groups in total. The van der Waals surface area contributed by atoms with Crippen molar-refractivity contribution in [2.45, 2.75) is 12.6 Å². The molecule has 1 aromatic heterocycles. The lowest BCUT2D eigenvalue weighted by atomic mass is 10.0. The third-order valence-electron chi connectivity index (χ3n) is 3.57. The standard InChI is InChI=1S/C16H22N2O3/c1-18(10-12-6-7-21-11-12)15(9-17)14-5-4-13(19-2)8-16(14)20-3/h4-8,11,15H,9-10,17H2,1-3H3. The summed E-state index contributed by atoms with van der Waals surface area (Å²) >= 11 is 0. The summed E-state index contributed by atoms with van der Waals surface area (Å²) in [5.74, 6) is 1.55. The fraction of sp³-hybridized carbons (Fsp3) is 0.375. The van der Waals surface area contributed by atoms with Gasteiger partial charge in [0.05, 0.1) is 32.8 Å². The highest BCUT2D eigenvalue weighted by Crippen LogP contribution is 2.32. The monoisotopic (exact) mass is 290 g/mol. The average Bonchev–Trinajstić information content (AvgIpc) is 3.01. The van der Waals surface area contributed by atoms with E-state index in [2.05, 4.69) is 4.90 Å². The number of hydrogen-bond acceptors (Lipinski definition) is 5. The van der Waals surface area contributed by atoms with Crippen molar-refractivity contribution < 1.29 is 13.9 Å². The Kier molecular flexibility index (Phi) is 5.25. The molecular formula is C16H22N2O3. The number of nitrogens with zero attached hydrogens (tertiary/aromatic N) is 1. The Labute approximate surface area is 125 Å². The van der Waals surface area contributed by atoms with E-state index >= 15 is 0 Å². The molecule has 114 valence electrons. The van der Waals surface area contributed by atoms with Gasteiger partial charge in [-0.2, -0.15) is 0 Å². The molecule has 0 bridgehead atoms. The van der Waals surface area contributed by atoms with Gasteiger partial charge >= 0.3 is 0 Å². The normalized spacial score (nSPS) is 12.4. The lowest BCUT2D eigenvalue weighted by molar-refractivity contribution is 0.235. The highest BCUT2D eigenvalue weighted by molar-refractivity contribution is 5.42. The molecule has 0 aliphatic carbocycles. The summed E-state index contributed by atoms with van der Waals surface area (Å²) in [5, 5.41) is 0. The maximum atomic E-state index is 5.98. The van der Waals surface area contributed by atoms with Crippen LogP contribution in [0.3, 0.4) is 0 Å². The number of rotatable bonds is 7. The van der Waals surface area contributed by atoms with Gasteiger partial charge in [0, 0.05) is 30.3 Å². The van der Waals surface area contributed by atoms with Crippen LogP contribution in [0.15, 0.2) is 41.2 Å². The fourth-order valence-corrected chi connectivity index (χ4v) is 2.42. The number of hydrogen-bond donors (Lipinski definition) is 1. The van der Waals surface area contributed by atoms with Crippen molar-refractivity contribution in [1.82, 2.24) is 4.90 Å². The Hall–Kier alpha value is -1.98. The highest BCUT2D eigenvalue weighted by atomic mass is 16.5. The molecule has 0 spiro atoms. The van der Waals surface area contributed by atoms with Gasteiger partial charge in [0.25, 0.3) is 0 Å². The number of furan rings is 1. The Bertz CT molecular complexity index is 555. The van der Waals surface area contributed by atoms with Crippen LogP contribution in [0.1, 0.15) is 17.2 Å². The predicted molar refractivity (Wildman–Crippen MR) is 81.5 cm³/mol. The van der Waals surface area contributed by atoms with Crippen LogP contribution in [0.25, 0.3) is 0 Å². The molecule has 0 radical (unpaired) electrons. The van der Waals surface area contributed by atoms with Gasteiger partial charge in [-0.1, -0.05) is 6.07 Å². The summed E-state index contributed by atoms with van der Waals surface area (Å²) in [6.07, 6.45) is 3.42. The van der Waals surface area contributed by atoms with Crippen LogP contribution < -0.4 is 15.2 Å². The molecule has 1 atom stereocenters. The summed E-state index contributed by atoms with van der Waals surface area (Å²) in [4.78, 5) is 2.18. The van der Waals surface area contributed by atoms with Crippen molar-refractivity contribution in [1.29, 1.82) is 0 Å². The van der Waals surface area contributed by atoms with Gasteiger partial charge in [-0.15, -0.1) is 0 Å². The van der Waals surface area contributed by atoms with Crippen LogP contribution in [0.5, 0.6) is 11.5 Å². The number of likely N-dealkylation sites (N-methyl/N-ethyl adjacent to an activating group) is 1. The smallest absolute Gasteiger partial charge is 0.127 e. The number of methoxy groups -OCH3 is 2. The van der Waals surface area contributed by atoms with Crippen molar-refractivity contribution in [3.8, 4) is 11.5 Å². The van der Waals surface area contributed by atoms with E-state index in [4.69, 9.17) is 19.6 Å². The van der Waals surface area contributed by atoms with Crippen molar-refractivity contribution in [2.75, 3.05) is 27.8 Å². The van der Waals surface area contributed by atoms with Crippen LogP contribution in [-0.2, 0) is 6.54 Å². The zero-order valence-corrected chi connectivity index (χ0v) is 12.7. The molecule has 0 fully saturated rings. The minimum absolute atomic E-state index is 0.0563. The van der Waals surface area contributed by atoms with Crippen LogP contribution >= 0.6 is 0 Å². The topological polar surface area (TPSA) is 60.9 Å². The molecule has 0 saturated carbocycles. The van der Waals surface area contributed by atoms with Gasteiger partial charge in [0.2, 0.25) is 0 Å². The SMILES string of the molecule is COc1ccc(C(CN)N(C)Cc2ccoc2)c(OC)c1. The molecule has 2 rings (SSSR count). The van der Waals surface area contributed by atoms with Crippen LogP contribution in [-0.4, -0.2) is 32.7 Å². The third-order valence-corrected chi connectivity index (χ3v) is 3.57. The van der Waals surface area contributed by atoms with Gasteiger partial charge in [0.1, 0.15) is 11.5 Å². The van der Waals surface area contributed by atoms with E-state index in [1.807, 2.05) is 31.3 Å². The largest absolute Gasteiger partial charge is 0.497 e. The first kappa shape index (κ1) is 15.4. The predicted octanol–water partition coefficient (Wildman–Crippen LogP) is 2.43. The molecule has 1 aromatic carbocycles. The van der Waals surface area contributed by atoms with Crippen molar-refractivity contribution in [3.63, 3.8) is 0 Å². The van der Waals surface area contributed by atoms with Gasteiger partial charge in [-0.25, -0.2) is 0 Å². The van der Waals surface area contributed by atoms with E-state index in [-0.39, 0.29) is 6.04 Å². The second-order valence-corrected chi connectivity index (χ2v) is 4.91. The molecule has 0 aliphatic rings. The molecule has 0 aliphatic heterocycles. The quantitative estimate of drug-likeness (QED) is 0.848. The lowest BCUT2D eigenvalue weighted by Gasteiger charge is -2.28. The molecule has 0 saturated heterocycles. The summed E-state index contributed by atoms with van der Waals surface area (Å²) in [6.45, 7) is 1.25. The fourth-order valence-electron chi connectivity index (χ4n) is 2.42. The van der Waals surface area contributed by atoms with Gasteiger partial charge < -0.3 is 19.6 Å². The lowest BCUT2D eigenvalue weighted by Crippen LogP contribution is -2.30. The third kappa shape index (κ3) is 3.56. The molecule has 5 nitrogen and oxygen atoms in total. The molecule has 1 heterocycles. The maximum Gasteiger partial charge on any atom is 0.127 e. The van der Waals surface area contributed by atoms with Gasteiger partial charge in [0.15, 0.2) is 0 Å². The summed E-state index contributed by atoms with van der Waals surface area (Å²) < 4.78 is 15.8. The van der Waals surface area contributed by atoms with Crippen molar-refractivity contribution in [3.05, 3.63) is 47.9 Å². The van der Waals surface area contributed by atoms with Crippen LogP contribution in [0.2, 0.25) is 0 Å². The number of ether oxygens (including phenoxy) is 2. The van der Waals surface area contributed by atoms with Crippen molar-refractivity contribution >= 4 is 0 Å². The highest BCUT2D eigenvalue weighted by Gasteiger charge is 2.20. The van der Waals surface area contributed by atoms with E-state index in [0.29, 0.717) is 6.54 Å². The number of nitrogens with two attached hydrogens (primary N) is 1. The Morgan fingerprint density at radius 1 is 1.24 bits per heavy atom. The first-order chi connectivity index (χ1) is 10.2. The maximum absolute atomic E-state index is 5.98. The Balaban J connectivity index is 2.23. The van der Waals surface area contributed by atoms with Crippen LogP contribution in [0.4, 0.5) is 0 Å². The second-order valence-electron chi connectivity index (χ2n) is 4.91. The summed E-state index contributed by atoms with van der Waals surface area (Å²) in [6, 6.07) is 7.81. The molecule has 1 unspecified atom stereocenters. The van der Waals surface area contributed by atoms with E-state index in [1.54, 1.807) is 26.7 Å². The molecular weight excluding hydrogens is 268 g/mol. The number of benzene rings is 1. The average molecular weight is 290 g/mol.